The summed E-state index contributed by atoms with van der Waals surface area (Å²) in [5.41, 5.74) is 0. The van der Waals surface area contributed by atoms with Crippen molar-refractivity contribution in [3.63, 3.8) is 0 Å². The lowest BCUT2D eigenvalue weighted by molar-refractivity contribution is -0.164. The van der Waals surface area contributed by atoms with E-state index in [9.17, 15) is 4.79 Å². The lowest BCUT2D eigenvalue weighted by Crippen LogP contribution is -2.37. The van der Waals surface area contributed by atoms with Crippen molar-refractivity contribution in [1.29, 1.82) is 0 Å². The van der Waals surface area contributed by atoms with Gasteiger partial charge in [0.2, 0.25) is 0 Å². The lowest BCUT2D eigenvalue weighted by Gasteiger charge is -2.36. The number of ether oxygens (including phenoxy) is 1. The molecule has 0 amide bonds. The van der Waals surface area contributed by atoms with Crippen LogP contribution in [0.2, 0.25) is 0 Å². The number of aliphatic hydroxyl groups is 1. The number of rotatable bonds is 3. The number of hydrogen-bond donors (Lipinski definition) is 1. The molecule has 4 atom stereocenters. The predicted molar refractivity (Wildman–Crippen MR) is 62.9 cm³/mol. The molecule has 16 heavy (non-hydrogen) atoms. The van der Waals surface area contributed by atoms with Crippen LogP contribution in [0, 0.1) is 17.8 Å². The Morgan fingerprint density at radius 1 is 1.31 bits per heavy atom. The largest absolute Gasteiger partial charge is 0.460 e. The van der Waals surface area contributed by atoms with Crippen LogP contribution in [0.5, 0.6) is 0 Å². The molecule has 1 aliphatic carbocycles. The first-order valence-electron chi connectivity index (χ1n) is 6.30. The highest BCUT2D eigenvalue weighted by atomic mass is 16.6. The van der Waals surface area contributed by atoms with E-state index in [1.165, 1.54) is 13.3 Å². The van der Waals surface area contributed by atoms with Crippen molar-refractivity contribution in [3.8, 4) is 0 Å². The van der Waals surface area contributed by atoms with Gasteiger partial charge in [-0.3, -0.25) is 0 Å². The molecule has 0 bridgehead atoms. The van der Waals surface area contributed by atoms with Crippen LogP contribution in [0.4, 0.5) is 0 Å². The zero-order chi connectivity index (χ0) is 12.3. The van der Waals surface area contributed by atoms with Crippen molar-refractivity contribution in [2.45, 2.75) is 59.2 Å². The summed E-state index contributed by atoms with van der Waals surface area (Å²) in [5, 5.41) is 9.17. The molecule has 3 nitrogen and oxygen atoms in total. The summed E-state index contributed by atoms with van der Waals surface area (Å²) in [5.74, 6) is 1.10. The number of carbonyl (C=O) groups excluding carboxylic acids is 1. The molecule has 1 saturated carbocycles. The van der Waals surface area contributed by atoms with E-state index in [0.717, 1.165) is 12.8 Å². The van der Waals surface area contributed by atoms with Gasteiger partial charge in [0, 0.05) is 0 Å². The van der Waals surface area contributed by atoms with Crippen LogP contribution in [0.3, 0.4) is 0 Å². The third-order valence-corrected chi connectivity index (χ3v) is 3.57. The summed E-state index contributed by atoms with van der Waals surface area (Å²) in [6.07, 6.45) is 2.25. The summed E-state index contributed by atoms with van der Waals surface area (Å²) >= 11 is 0. The van der Waals surface area contributed by atoms with Gasteiger partial charge in [-0.2, -0.15) is 0 Å². The van der Waals surface area contributed by atoms with Crippen molar-refractivity contribution in [2.24, 2.45) is 17.8 Å². The fourth-order valence-corrected chi connectivity index (χ4v) is 2.50. The molecule has 0 aromatic rings. The Balaban J connectivity index is 2.61. The lowest BCUT2D eigenvalue weighted by atomic mass is 9.75. The number of esters is 1. The highest BCUT2D eigenvalue weighted by Gasteiger charge is 2.33. The summed E-state index contributed by atoms with van der Waals surface area (Å²) in [6, 6.07) is 0. The Hall–Kier alpha value is -0.570. The third-order valence-electron chi connectivity index (χ3n) is 3.57. The van der Waals surface area contributed by atoms with E-state index in [0.29, 0.717) is 17.8 Å². The molecular formula is C13H24O3. The first-order valence-corrected chi connectivity index (χ1v) is 6.30. The van der Waals surface area contributed by atoms with E-state index in [2.05, 4.69) is 20.8 Å². The van der Waals surface area contributed by atoms with Gasteiger partial charge < -0.3 is 9.84 Å². The number of carbonyl (C=O) groups is 1. The first kappa shape index (κ1) is 13.5. The number of hydrogen-bond acceptors (Lipinski definition) is 3. The fourth-order valence-electron chi connectivity index (χ4n) is 2.50. The number of aliphatic hydroxyl groups excluding tert-OH is 1. The van der Waals surface area contributed by atoms with E-state index < -0.39 is 12.1 Å². The molecular weight excluding hydrogens is 204 g/mol. The van der Waals surface area contributed by atoms with Crippen molar-refractivity contribution in [2.75, 3.05) is 0 Å². The molecule has 0 saturated heterocycles. The summed E-state index contributed by atoms with van der Waals surface area (Å²) in [7, 11) is 0. The molecule has 1 fully saturated rings. The summed E-state index contributed by atoms with van der Waals surface area (Å²) < 4.78 is 5.41. The first-order chi connectivity index (χ1) is 7.41. The maximum absolute atomic E-state index is 11.4. The molecule has 1 aliphatic rings. The van der Waals surface area contributed by atoms with Crippen LogP contribution in [0.25, 0.3) is 0 Å². The minimum atomic E-state index is -1.01. The second-order valence-corrected chi connectivity index (χ2v) is 5.48. The Labute approximate surface area is 98.2 Å². The Morgan fingerprint density at radius 2 is 1.94 bits per heavy atom. The molecule has 94 valence electrons. The average molecular weight is 228 g/mol. The van der Waals surface area contributed by atoms with Gasteiger partial charge in [0.25, 0.3) is 0 Å². The van der Waals surface area contributed by atoms with E-state index in [4.69, 9.17) is 9.84 Å². The van der Waals surface area contributed by atoms with E-state index in [1.807, 2.05) is 0 Å². The van der Waals surface area contributed by atoms with Crippen LogP contribution in [0.15, 0.2) is 0 Å². The molecule has 1 rings (SSSR count). The van der Waals surface area contributed by atoms with E-state index in [-0.39, 0.29) is 6.10 Å². The highest BCUT2D eigenvalue weighted by molar-refractivity contribution is 5.74. The van der Waals surface area contributed by atoms with Gasteiger partial charge in [0.1, 0.15) is 12.2 Å². The second-order valence-electron chi connectivity index (χ2n) is 5.48. The van der Waals surface area contributed by atoms with Crippen molar-refractivity contribution >= 4 is 5.97 Å². The summed E-state index contributed by atoms with van der Waals surface area (Å²) in [4.78, 5) is 11.4. The van der Waals surface area contributed by atoms with Gasteiger partial charge in [0.05, 0.1) is 0 Å². The quantitative estimate of drug-likeness (QED) is 0.754. The monoisotopic (exact) mass is 228 g/mol. The van der Waals surface area contributed by atoms with Gasteiger partial charge in [-0.05, 0) is 37.5 Å². The van der Waals surface area contributed by atoms with Crippen molar-refractivity contribution in [1.82, 2.24) is 0 Å². The molecule has 0 aromatic heterocycles. The highest BCUT2D eigenvalue weighted by Crippen LogP contribution is 2.35. The van der Waals surface area contributed by atoms with Crippen LogP contribution < -0.4 is 0 Å². The SMILES string of the molecule is CC(O)C(=O)O[C@@H]1C[C@@H](C)CC[C@@H]1C(C)C. The molecule has 0 radical (unpaired) electrons. The van der Waals surface area contributed by atoms with Crippen molar-refractivity contribution < 1.29 is 14.6 Å². The molecule has 0 heterocycles. The zero-order valence-corrected chi connectivity index (χ0v) is 10.8. The van der Waals surface area contributed by atoms with Gasteiger partial charge in [-0.1, -0.05) is 27.2 Å². The van der Waals surface area contributed by atoms with Crippen LogP contribution in [-0.2, 0) is 9.53 Å². The normalized spacial score (nSPS) is 32.5. The van der Waals surface area contributed by atoms with Crippen LogP contribution >= 0.6 is 0 Å². The fraction of sp³-hybridized carbons (Fsp3) is 0.923. The topological polar surface area (TPSA) is 46.5 Å². The van der Waals surface area contributed by atoms with Crippen molar-refractivity contribution in [3.05, 3.63) is 0 Å². The summed E-state index contributed by atoms with van der Waals surface area (Å²) in [6.45, 7) is 7.99. The minimum Gasteiger partial charge on any atom is -0.460 e. The Bertz CT molecular complexity index is 235. The zero-order valence-electron chi connectivity index (χ0n) is 10.8. The molecule has 1 N–H and O–H groups in total. The smallest absolute Gasteiger partial charge is 0.334 e. The third kappa shape index (κ3) is 3.48. The van der Waals surface area contributed by atoms with Gasteiger partial charge >= 0.3 is 5.97 Å². The molecule has 0 aliphatic heterocycles. The Morgan fingerprint density at radius 3 is 2.44 bits per heavy atom. The minimum absolute atomic E-state index is 0.00847. The molecule has 0 aromatic carbocycles. The van der Waals surface area contributed by atoms with Crippen LogP contribution in [-0.4, -0.2) is 23.3 Å². The van der Waals surface area contributed by atoms with Gasteiger partial charge in [-0.15, -0.1) is 0 Å². The van der Waals surface area contributed by atoms with Gasteiger partial charge in [-0.25, -0.2) is 4.79 Å². The van der Waals surface area contributed by atoms with Gasteiger partial charge in [0.15, 0.2) is 0 Å². The maximum atomic E-state index is 11.4. The standard InChI is InChI=1S/C13H24O3/c1-8(2)11-6-5-9(3)7-12(11)16-13(15)10(4)14/h8-12,14H,5-7H2,1-4H3/t9-,10?,11+,12+/m0/s1. The second kappa shape index (κ2) is 5.67. The maximum Gasteiger partial charge on any atom is 0.334 e. The van der Waals surface area contributed by atoms with E-state index in [1.54, 1.807) is 0 Å². The van der Waals surface area contributed by atoms with E-state index >= 15 is 0 Å². The molecule has 3 heteroatoms. The predicted octanol–water partition coefficient (Wildman–Crippen LogP) is 2.37. The Kier molecular flexibility index (Phi) is 4.78. The molecule has 1 unspecified atom stereocenters. The van der Waals surface area contributed by atoms with Crippen LogP contribution in [0.1, 0.15) is 47.0 Å². The molecule has 0 spiro atoms. The average Bonchev–Trinajstić information content (AvgIpc) is 2.16.